The molecule has 0 aliphatic rings. The van der Waals surface area contributed by atoms with Crippen molar-refractivity contribution in [3.05, 3.63) is 28.0 Å². The van der Waals surface area contributed by atoms with Gasteiger partial charge >= 0.3 is 0 Å². The van der Waals surface area contributed by atoms with Gasteiger partial charge < -0.3 is 9.84 Å². The minimum absolute atomic E-state index is 0.244. The topological polar surface area (TPSA) is 29.5 Å². The Bertz CT molecular complexity index is 313. The molecule has 13 heavy (non-hydrogen) atoms. The highest BCUT2D eigenvalue weighted by molar-refractivity contribution is 9.10. The zero-order chi connectivity index (χ0) is 10.0. The molecule has 0 spiro atoms. The van der Waals surface area contributed by atoms with Gasteiger partial charge in [-0.25, -0.2) is 4.39 Å². The lowest BCUT2D eigenvalue weighted by Gasteiger charge is -2.12. The average molecular weight is 249 g/mol. The molecule has 0 heterocycles. The first-order valence-electron chi connectivity index (χ1n) is 3.78. The maximum Gasteiger partial charge on any atom is 0.141 e. The van der Waals surface area contributed by atoms with Gasteiger partial charge in [0.15, 0.2) is 0 Å². The van der Waals surface area contributed by atoms with Crippen LogP contribution in [0, 0.1) is 5.82 Å². The lowest BCUT2D eigenvalue weighted by Crippen LogP contribution is -1.98. The zero-order valence-corrected chi connectivity index (χ0v) is 8.93. The summed E-state index contributed by atoms with van der Waals surface area (Å²) >= 11 is 3.05. The van der Waals surface area contributed by atoms with E-state index in [4.69, 9.17) is 4.74 Å². The Morgan fingerprint density at radius 3 is 2.62 bits per heavy atom. The van der Waals surface area contributed by atoms with Crippen LogP contribution in [0.1, 0.15) is 18.6 Å². The Hall–Kier alpha value is -0.610. The number of hydrogen-bond acceptors (Lipinski definition) is 2. The summed E-state index contributed by atoms with van der Waals surface area (Å²) in [6.07, 6.45) is -0.674. The molecular weight excluding hydrogens is 239 g/mol. The van der Waals surface area contributed by atoms with Crippen LogP contribution in [-0.2, 0) is 0 Å². The Labute approximate surface area is 84.5 Å². The molecule has 1 rings (SSSR count). The molecule has 4 heteroatoms. The van der Waals surface area contributed by atoms with Crippen LogP contribution >= 0.6 is 15.9 Å². The maximum atomic E-state index is 13.0. The standard InChI is InChI=1S/C9H10BrFO2/c1-5(12)6-3-4-7(11)8(10)9(6)13-2/h3-5,12H,1-2H3. The fourth-order valence-electron chi connectivity index (χ4n) is 1.08. The third-order valence-electron chi connectivity index (χ3n) is 1.73. The van der Waals surface area contributed by atoms with Crippen LogP contribution in [0.5, 0.6) is 5.75 Å². The number of methoxy groups -OCH3 is 1. The van der Waals surface area contributed by atoms with E-state index in [2.05, 4.69) is 15.9 Å². The van der Waals surface area contributed by atoms with Crippen molar-refractivity contribution in [1.82, 2.24) is 0 Å². The molecule has 0 saturated heterocycles. The molecular formula is C9H10BrFO2. The van der Waals surface area contributed by atoms with Crippen LogP contribution in [-0.4, -0.2) is 12.2 Å². The molecule has 1 atom stereocenters. The van der Waals surface area contributed by atoms with Crippen LogP contribution in [0.15, 0.2) is 16.6 Å². The summed E-state index contributed by atoms with van der Waals surface area (Å²) in [7, 11) is 1.44. The summed E-state index contributed by atoms with van der Waals surface area (Å²) in [5.41, 5.74) is 0.566. The number of halogens is 2. The van der Waals surface area contributed by atoms with E-state index in [1.165, 1.54) is 19.2 Å². The fraction of sp³-hybridized carbons (Fsp3) is 0.333. The predicted octanol–water partition coefficient (Wildman–Crippen LogP) is 2.65. The molecule has 1 aromatic carbocycles. The molecule has 2 nitrogen and oxygen atoms in total. The summed E-state index contributed by atoms with van der Waals surface area (Å²) in [5, 5.41) is 9.33. The Kier molecular flexibility index (Phi) is 3.27. The van der Waals surface area contributed by atoms with E-state index in [-0.39, 0.29) is 4.47 Å². The molecule has 0 aromatic heterocycles. The number of hydrogen-bond donors (Lipinski definition) is 1. The molecule has 0 amide bonds. The third kappa shape index (κ3) is 2.00. The monoisotopic (exact) mass is 248 g/mol. The molecule has 1 N–H and O–H groups in total. The lowest BCUT2D eigenvalue weighted by atomic mass is 10.1. The molecule has 0 radical (unpaired) electrons. The van der Waals surface area contributed by atoms with Crippen LogP contribution < -0.4 is 4.74 Å². The smallest absolute Gasteiger partial charge is 0.141 e. The van der Waals surface area contributed by atoms with Crippen LogP contribution in [0.2, 0.25) is 0 Å². The summed E-state index contributed by atoms with van der Waals surface area (Å²) in [6, 6.07) is 2.79. The Morgan fingerprint density at radius 2 is 2.15 bits per heavy atom. The van der Waals surface area contributed by atoms with Gasteiger partial charge in [0.05, 0.1) is 17.7 Å². The van der Waals surface area contributed by atoms with Gasteiger partial charge in [0.25, 0.3) is 0 Å². The van der Waals surface area contributed by atoms with Gasteiger partial charge in [-0.2, -0.15) is 0 Å². The number of aliphatic hydroxyl groups is 1. The van der Waals surface area contributed by atoms with Crippen molar-refractivity contribution < 1.29 is 14.2 Å². The van der Waals surface area contributed by atoms with Gasteiger partial charge in [-0.1, -0.05) is 0 Å². The van der Waals surface area contributed by atoms with Crippen molar-refractivity contribution in [2.75, 3.05) is 7.11 Å². The van der Waals surface area contributed by atoms with Crippen molar-refractivity contribution in [2.45, 2.75) is 13.0 Å². The van der Waals surface area contributed by atoms with Crippen molar-refractivity contribution >= 4 is 15.9 Å². The largest absolute Gasteiger partial charge is 0.495 e. The number of rotatable bonds is 2. The van der Waals surface area contributed by atoms with E-state index in [0.29, 0.717) is 11.3 Å². The van der Waals surface area contributed by atoms with Gasteiger partial charge in [-0.15, -0.1) is 0 Å². The quantitative estimate of drug-likeness (QED) is 0.873. The van der Waals surface area contributed by atoms with Crippen LogP contribution in [0.4, 0.5) is 4.39 Å². The minimum Gasteiger partial charge on any atom is -0.495 e. The minimum atomic E-state index is -0.674. The fourth-order valence-corrected chi connectivity index (χ4v) is 1.61. The van der Waals surface area contributed by atoms with E-state index in [1.54, 1.807) is 6.92 Å². The second-order valence-corrected chi connectivity index (χ2v) is 3.45. The number of aliphatic hydroxyl groups excluding tert-OH is 1. The first-order chi connectivity index (χ1) is 6.07. The Balaban J connectivity index is 3.30. The lowest BCUT2D eigenvalue weighted by molar-refractivity contribution is 0.194. The summed E-state index contributed by atoms with van der Waals surface area (Å²) < 4.78 is 18.2. The highest BCUT2D eigenvalue weighted by Gasteiger charge is 2.14. The van der Waals surface area contributed by atoms with Crippen molar-refractivity contribution in [3.8, 4) is 5.75 Å². The number of benzene rings is 1. The summed E-state index contributed by atoms with van der Waals surface area (Å²) in [4.78, 5) is 0. The van der Waals surface area contributed by atoms with E-state index in [0.717, 1.165) is 0 Å². The Morgan fingerprint density at radius 1 is 1.54 bits per heavy atom. The van der Waals surface area contributed by atoms with Gasteiger partial charge in [-0.3, -0.25) is 0 Å². The third-order valence-corrected chi connectivity index (χ3v) is 2.47. The van der Waals surface area contributed by atoms with Gasteiger partial charge in [0.1, 0.15) is 11.6 Å². The van der Waals surface area contributed by atoms with E-state index >= 15 is 0 Å². The highest BCUT2D eigenvalue weighted by Crippen LogP contribution is 2.34. The molecule has 0 fully saturated rings. The average Bonchev–Trinajstić information content (AvgIpc) is 2.09. The molecule has 0 aliphatic heterocycles. The molecule has 1 aromatic rings. The molecule has 72 valence electrons. The van der Waals surface area contributed by atoms with Gasteiger partial charge in [-0.05, 0) is 35.0 Å². The van der Waals surface area contributed by atoms with E-state index in [9.17, 15) is 9.50 Å². The molecule has 0 aliphatic carbocycles. The van der Waals surface area contributed by atoms with E-state index < -0.39 is 11.9 Å². The second kappa shape index (κ2) is 4.07. The van der Waals surface area contributed by atoms with Crippen LogP contribution in [0.3, 0.4) is 0 Å². The maximum absolute atomic E-state index is 13.0. The van der Waals surface area contributed by atoms with Crippen LogP contribution in [0.25, 0.3) is 0 Å². The number of ether oxygens (including phenoxy) is 1. The van der Waals surface area contributed by atoms with Crippen molar-refractivity contribution in [2.24, 2.45) is 0 Å². The first kappa shape index (κ1) is 10.5. The van der Waals surface area contributed by atoms with Gasteiger partial charge in [0, 0.05) is 5.56 Å². The van der Waals surface area contributed by atoms with Crippen molar-refractivity contribution in [1.29, 1.82) is 0 Å². The normalized spacial score (nSPS) is 12.7. The zero-order valence-electron chi connectivity index (χ0n) is 7.34. The summed E-state index contributed by atoms with van der Waals surface area (Å²) in [6.45, 7) is 1.60. The SMILES string of the molecule is COc1c(C(C)O)ccc(F)c1Br. The molecule has 0 bridgehead atoms. The second-order valence-electron chi connectivity index (χ2n) is 2.66. The van der Waals surface area contributed by atoms with Crippen molar-refractivity contribution in [3.63, 3.8) is 0 Å². The molecule has 0 saturated carbocycles. The van der Waals surface area contributed by atoms with Gasteiger partial charge in [0.2, 0.25) is 0 Å². The predicted molar refractivity (Wildman–Crippen MR) is 51.3 cm³/mol. The summed E-state index contributed by atoms with van der Waals surface area (Å²) in [5.74, 6) is -0.0590. The highest BCUT2D eigenvalue weighted by atomic mass is 79.9. The molecule has 1 unspecified atom stereocenters. The van der Waals surface area contributed by atoms with E-state index in [1.807, 2.05) is 0 Å². The first-order valence-corrected chi connectivity index (χ1v) is 4.57.